The molecule has 0 aromatic heterocycles. The van der Waals surface area contributed by atoms with Crippen LogP contribution in [-0.4, -0.2) is 21.5 Å². The summed E-state index contributed by atoms with van der Waals surface area (Å²) in [6.07, 6.45) is 0. The molecule has 0 unspecified atom stereocenters. The molecule has 2 N–H and O–H groups in total. The second-order valence-corrected chi connectivity index (χ2v) is 7.14. The number of rotatable bonds is 7. The average molecular weight is 318 g/mol. The Balaban J connectivity index is 1.76. The van der Waals surface area contributed by atoms with Crippen LogP contribution in [0.1, 0.15) is 16.7 Å². The van der Waals surface area contributed by atoms with Crippen molar-refractivity contribution in [2.75, 3.05) is 13.1 Å². The number of aryl methyl sites for hydroxylation is 2. The van der Waals surface area contributed by atoms with E-state index in [-0.39, 0.29) is 0 Å². The maximum absolute atomic E-state index is 12.1. The van der Waals surface area contributed by atoms with Crippen molar-refractivity contribution in [1.29, 1.82) is 0 Å². The summed E-state index contributed by atoms with van der Waals surface area (Å²) in [6, 6.07) is 15.1. The summed E-state index contributed by atoms with van der Waals surface area (Å²) in [4.78, 5) is 0.302. The molecule has 118 valence electrons. The normalized spacial score (nSPS) is 11.5. The molecular weight excluding hydrogens is 296 g/mol. The van der Waals surface area contributed by atoms with Gasteiger partial charge in [-0.1, -0.05) is 47.5 Å². The Hall–Kier alpha value is -1.69. The average Bonchev–Trinajstić information content (AvgIpc) is 2.49. The summed E-state index contributed by atoms with van der Waals surface area (Å²) in [5.74, 6) is 0. The molecule has 0 fully saturated rings. The summed E-state index contributed by atoms with van der Waals surface area (Å²) in [5.41, 5.74) is 3.46. The molecule has 0 aliphatic carbocycles. The lowest BCUT2D eigenvalue weighted by molar-refractivity contribution is 0.576. The van der Waals surface area contributed by atoms with Crippen molar-refractivity contribution < 1.29 is 8.42 Å². The van der Waals surface area contributed by atoms with Gasteiger partial charge in [-0.25, -0.2) is 13.1 Å². The van der Waals surface area contributed by atoms with E-state index in [1.165, 1.54) is 11.1 Å². The summed E-state index contributed by atoms with van der Waals surface area (Å²) in [7, 11) is -3.42. The number of benzene rings is 2. The van der Waals surface area contributed by atoms with Crippen LogP contribution in [0.3, 0.4) is 0 Å². The van der Waals surface area contributed by atoms with Crippen LogP contribution in [0, 0.1) is 13.8 Å². The third-order valence-corrected chi connectivity index (χ3v) is 4.85. The highest BCUT2D eigenvalue weighted by molar-refractivity contribution is 7.89. The highest BCUT2D eigenvalue weighted by atomic mass is 32.2. The highest BCUT2D eigenvalue weighted by Gasteiger charge is 2.12. The number of hydrogen-bond donors (Lipinski definition) is 2. The van der Waals surface area contributed by atoms with E-state index in [0.29, 0.717) is 18.0 Å². The first-order valence-electron chi connectivity index (χ1n) is 7.30. The van der Waals surface area contributed by atoms with Crippen LogP contribution < -0.4 is 10.0 Å². The Labute approximate surface area is 132 Å². The molecule has 4 nitrogen and oxygen atoms in total. The molecule has 2 aromatic rings. The van der Waals surface area contributed by atoms with E-state index >= 15 is 0 Å². The number of hydrogen-bond acceptors (Lipinski definition) is 3. The zero-order valence-corrected chi connectivity index (χ0v) is 13.8. The van der Waals surface area contributed by atoms with Gasteiger partial charge in [0.05, 0.1) is 4.90 Å². The molecule has 0 atom stereocenters. The summed E-state index contributed by atoms with van der Waals surface area (Å²) in [6.45, 7) is 5.66. The third-order valence-electron chi connectivity index (χ3n) is 3.37. The fourth-order valence-corrected chi connectivity index (χ4v) is 3.05. The van der Waals surface area contributed by atoms with Crippen LogP contribution >= 0.6 is 0 Å². The van der Waals surface area contributed by atoms with Gasteiger partial charge in [0.15, 0.2) is 0 Å². The first-order chi connectivity index (χ1) is 10.5. The van der Waals surface area contributed by atoms with E-state index in [1.54, 1.807) is 24.3 Å². The second-order valence-electron chi connectivity index (χ2n) is 5.37. The SMILES string of the molecule is Cc1ccc(CNCCNS(=O)(=O)c2ccc(C)cc2)cc1. The summed E-state index contributed by atoms with van der Waals surface area (Å²) >= 11 is 0. The van der Waals surface area contributed by atoms with Crippen LogP contribution in [0.25, 0.3) is 0 Å². The first kappa shape index (κ1) is 16.7. The standard InChI is InChI=1S/C17H22N2O2S/c1-14-3-7-16(8-4-14)13-18-11-12-19-22(20,21)17-9-5-15(2)6-10-17/h3-10,18-19H,11-13H2,1-2H3. The van der Waals surface area contributed by atoms with Crippen molar-refractivity contribution in [2.45, 2.75) is 25.3 Å². The molecule has 0 aliphatic rings. The molecule has 2 aromatic carbocycles. The molecule has 0 spiro atoms. The molecule has 5 heteroatoms. The van der Waals surface area contributed by atoms with Gasteiger partial charge in [-0.05, 0) is 31.5 Å². The van der Waals surface area contributed by atoms with Crippen molar-refractivity contribution in [1.82, 2.24) is 10.0 Å². The van der Waals surface area contributed by atoms with Crippen molar-refractivity contribution >= 4 is 10.0 Å². The van der Waals surface area contributed by atoms with Crippen molar-refractivity contribution in [3.63, 3.8) is 0 Å². The lowest BCUT2D eigenvalue weighted by atomic mass is 10.1. The Morgan fingerprint density at radius 3 is 1.95 bits per heavy atom. The van der Waals surface area contributed by atoms with Gasteiger partial charge in [0.25, 0.3) is 0 Å². The molecule has 0 radical (unpaired) electrons. The first-order valence-corrected chi connectivity index (χ1v) is 8.78. The Morgan fingerprint density at radius 2 is 1.36 bits per heavy atom. The van der Waals surface area contributed by atoms with Gasteiger partial charge in [-0.3, -0.25) is 0 Å². The quantitative estimate of drug-likeness (QED) is 0.771. The van der Waals surface area contributed by atoms with Crippen LogP contribution in [-0.2, 0) is 16.6 Å². The van der Waals surface area contributed by atoms with Crippen molar-refractivity contribution in [2.24, 2.45) is 0 Å². The van der Waals surface area contributed by atoms with E-state index in [0.717, 1.165) is 12.1 Å². The van der Waals surface area contributed by atoms with Gasteiger partial charge >= 0.3 is 0 Å². The van der Waals surface area contributed by atoms with Crippen molar-refractivity contribution in [3.05, 3.63) is 65.2 Å². The highest BCUT2D eigenvalue weighted by Crippen LogP contribution is 2.09. The number of sulfonamides is 1. The summed E-state index contributed by atoms with van der Waals surface area (Å²) in [5, 5.41) is 3.23. The molecule has 2 rings (SSSR count). The van der Waals surface area contributed by atoms with E-state index in [2.05, 4.69) is 41.2 Å². The minimum absolute atomic E-state index is 0.302. The van der Waals surface area contributed by atoms with Gasteiger partial charge in [0.1, 0.15) is 0 Å². The Morgan fingerprint density at radius 1 is 0.818 bits per heavy atom. The maximum atomic E-state index is 12.1. The van der Waals surface area contributed by atoms with Crippen LogP contribution in [0.4, 0.5) is 0 Å². The monoisotopic (exact) mass is 318 g/mol. The molecule has 0 heterocycles. The van der Waals surface area contributed by atoms with E-state index in [4.69, 9.17) is 0 Å². The van der Waals surface area contributed by atoms with Gasteiger partial charge in [-0.15, -0.1) is 0 Å². The maximum Gasteiger partial charge on any atom is 0.240 e. The lowest BCUT2D eigenvalue weighted by Gasteiger charge is -2.08. The van der Waals surface area contributed by atoms with Crippen LogP contribution in [0.2, 0.25) is 0 Å². The minimum Gasteiger partial charge on any atom is -0.311 e. The molecule has 22 heavy (non-hydrogen) atoms. The van der Waals surface area contributed by atoms with Gasteiger partial charge < -0.3 is 5.32 Å². The summed E-state index contributed by atoms with van der Waals surface area (Å²) < 4.78 is 26.8. The minimum atomic E-state index is -3.42. The molecular formula is C17H22N2O2S. The molecule has 0 amide bonds. The van der Waals surface area contributed by atoms with Crippen molar-refractivity contribution in [3.8, 4) is 0 Å². The fraction of sp³-hybridized carbons (Fsp3) is 0.294. The smallest absolute Gasteiger partial charge is 0.240 e. The van der Waals surface area contributed by atoms with E-state index in [1.807, 2.05) is 6.92 Å². The van der Waals surface area contributed by atoms with Crippen LogP contribution in [0.15, 0.2) is 53.4 Å². The lowest BCUT2D eigenvalue weighted by Crippen LogP contribution is -2.31. The second kappa shape index (κ2) is 7.54. The predicted octanol–water partition coefficient (Wildman–Crippen LogP) is 2.37. The van der Waals surface area contributed by atoms with E-state index in [9.17, 15) is 8.42 Å². The molecule has 0 bridgehead atoms. The number of nitrogens with one attached hydrogen (secondary N) is 2. The molecule has 0 aliphatic heterocycles. The zero-order chi connectivity index (χ0) is 16.0. The predicted molar refractivity (Wildman–Crippen MR) is 89.3 cm³/mol. The van der Waals surface area contributed by atoms with Gasteiger partial charge in [0.2, 0.25) is 10.0 Å². The van der Waals surface area contributed by atoms with Gasteiger partial charge in [0, 0.05) is 19.6 Å². The topological polar surface area (TPSA) is 58.2 Å². The van der Waals surface area contributed by atoms with E-state index < -0.39 is 10.0 Å². The molecule has 0 saturated heterocycles. The fourth-order valence-electron chi connectivity index (χ4n) is 2.01. The third kappa shape index (κ3) is 4.94. The van der Waals surface area contributed by atoms with Gasteiger partial charge in [-0.2, -0.15) is 0 Å². The largest absolute Gasteiger partial charge is 0.311 e. The zero-order valence-electron chi connectivity index (χ0n) is 13.0. The Bertz CT molecular complexity index is 692. The Kier molecular flexibility index (Phi) is 5.71. The molecule has 0 saturated carbocycles. The van der Waals surface area contributed by atoms with Crippen LogP contribution in [0.5, 0.6) is 0 Å².